The highest BCUT2D eigenvalue weighted by Crippen LogP contribution is 2.33. The number of hydrogen-bond donors (Lipinski definition) is 0. The van der Waals surface area contributed by atoms with Crippen LogP contribution in [0.5, 0.6) is 0 Å². The highest BCUT2D eigenvalue weighted by molar-refractivity contribution is 6.35. The lowest BCUT2D eigenvalue weighted by atomic mass is 10.00. The second-order valence-corrected chi connectivity index (χ2v) is 7.92. The molecule has 6 nitrogen and oxygen atoms in total. The average Bonchev–Trinajstić information content (AvgIpc) is 2.98. The van der Waals surface area contributed by atoms with Crippen LogP contribution in [0.3, 0.4) is 0 Å². The van der Waals surface area contributed by atoms with E-state index in [0.29, 0.717) is 34.3 Å². The molecule has 0 unspecified atom stereocenters. The third-order valence-electron chi connectivity index (χ3n) is 4.52. The summed E-state index contributed by atoms with van der Waals surface area (Å²) in [6.45, 7) is 6.74. The first-order valence-corrected chi connectivity index (χ1v) is 10.1. The first-order chi connectivity index (χ1) is 13.8. The first-order valence-electron chi connectivity index (χ1n) is 9.34. The van der Waals surface area contributed by atoms with Gasteiger partial charge in [0, 0.05) is 41.3 Å². The molecule has 0 bridgehead atoms. The van der Waals surface area contributed by atoms with Crippen LogP contribution in [0.15, 0.2) is 24.4 Å². The molecule has 0 fully saturated rings. The fourth-order valence-corrected chi connectivity index (χ4v) is 3.84. The zero-order valence-electron chi connectivity index (χ0n) is 16.8. The quantitative estimate of drug-likeness (QED) is 0.370. The Morgan fingerprint density at radius 3 is 2.48 bits per heavy atom. The molecule has 8 heteroatoms. The lowest BCUT2D eigenvalue weighted by Gasteiger charge is -2.13. The molecule has 0 spiro atoms. The van der Waals surface area contributed by atoms with Crippen LogP contribution in [0.4, 0.5) is 0 Å². The summed E-state index contributed by atoms with van der Waals surface area (Å²) in [6, 6.07) is 5.31. The van der Waals surface area contributed by atoms with Crippen LogP contribution >= 0.6 is 23.2 Å². The third kappa shape index (κ3) is 4.55. The van der Waals surface area contributed by atoms with Crippen molar-refractivity contribution < 1.29 is 14.3 Å². The van der Waals surface area contributed by atoms with E-state index in [-0.39, 0.29) is 12.5 Å². The molecule has 0 saturated carbocycles. The molecule has 0 N–H and O–H groups in total. The van der Waals surface area contributed by atoms with Crippen molar-refractivity contribution in [3.05, 3.63) is 51.3 Å². The first kappa shape index (κ1) is 21.6. The molecule has 0 atom stereocenters. The monoisotopic (exact) mass is 435 g/mol. The maximum Gasteiger partial charge on any atom is 0.340 e. The topological polar surface area (TPSA) is 65.7 Å². The summed E-state index contributed by atoms with van der Waals surface area (Å²) in [5.74, 6) is -0.368. The summed E-state index contributed by atoms with van der Waals surface area (Å²) in [5, 5.41) is 5.55. The van der Waals surface area contributed by atoms with Crippen LogP contribution in [0.2, 0.25) is 10.0 Å². The third-order valence-corrected chi connectivity index (χ3v) is 4.96. The molecular weight excluding hydrogens is 413 g/mol. The van der Waals surface area contributed by atoms with E-state index in [1.54, 1.807) is 17.7 Å². The van der Waals surface area contributed by atoms with Crippen molar-refractivity contribution >= 4 is 34.8 Å². The number of methoxy groups -OCH3 is 1. The molecule has 0 saturated heterocycles. The van der Waals surface area contributed by atoms with Gasteiger partial charge in [-0.05, 0) is 31.0 Å². The Morgan fingerprint density at radius 1 is 1.17 bits per heavy atom. The van der Waals surface area contributed by atoms with Gasteiger partial charge in [-0.3, -0.25) is 0 Å². The molecule has 154 valence electrons. The van der Waals surface area contributed by atoms with Crippen molar-refractivity contribution in [2.45, 2.75) is 33.1 Å². The van der Waals surface area contributed by atoms with Gasteiger partial charge in [0.2, 0.25) is 0 Å². The van der Waals surface area contributed by atoms with E-state index in [4.69, 9.17) is 37.7 Å². The number of aryl methyl sites for hydroxylation is 1. The Balaban J connectivity index is 2.10. The molecule has 0 aliphatic rings. The number of halogens is 2. The minimum Gasteiger partial charge on any atom is -0.462 e. The van der Waals surface area contributed by atoms with Crippen LogP contribution in [0.25, 0.3) is 16.9 Å². The number of carbonyl (C=O) groups excluding carboxylic acids is 1. The molecule has 29 heavy (non-hydrogen) atoms. The number of esters is 1. The second-order valence-electron chi connectivity index (χ2n) is 7.05. The zero-order chi connectivity index (χ0) is 21.1. The van der Waals surface area contributed by atoms with Gasteiger partial charge in [-0.15, -0.1) is 0 Å². The normalized spacial score (nSPS) is 11.4. The SMILES string of the molecule is COCCCOC(=O)c1cnn2c(-c3cc(Cl)cc(Cl)c3)c(C)nc2c1C(C)C. The number of benzene rings is 1. The van der Waals surface area contributed by atoms with Crippen LogP contribution in [-0.4, -0.2) is 40.9 Å². The minimum absolute atomic E-state index is 0.0413. The van der Waals surface area contributed by atoms with Gasteiger partial charge in [0.25, 0.3) is 0 Å². The van der Waals surface area contributed by atoms with Crippen LogP contribution < -0.4 is 0 Å². The predicted octanol–water partition coefficient (Wildman–Crippen LogP) is 5.33. The number of hydrogen-bond acceptors (Lipinski definition) is 5. The van der Waals surface area contributed by atoms with E-state index in [9.17, 15) is 4.79 Å². The van der Waals surface area contributed by atoms with Gasteiger partial charge >= 0.3 is 5.97 Å². The standard InChI is InChI=1S/C21H23Cl2N3O3/c1-12(2)18-17(21(27)29-7-5-6-28-4)11-24-26-19(13(3)25-20(18)26)14-8-15(22)10-16(23)9-14/h8-12H,5-7H2,1-4H3. The number of rotatable bonds is 7. The largest absolute Gasteiger partial charge is 0.462 e. The van der Waals surface area contributed by atoms with Crippen molar-refractivity contribution in [1.82, 2.24) is 14.6 Å². The van der Waals surface area contributed by atoms with Crippen molar-refractivity contribution in [3.63, 3.8) is 0 Å². The van der Waals surface area contributed by atoms with Gasteiger partial charge in [0.1, 0.15) is 0 Å². The van der Waals surface area contributed by atoms with Crippen molar-refractivity contribution in [2.75, 3.05) is 20.3 Å². The highest BCUT2D eigenvalue weighted by atomic mass is 35.5. The van der Waals surface area contributed by atoms with E-state index in [0.717, 1.165) is 22.5 Å². The summed E-state index contributed by atoms with van der Waals surface area (Å²) in [6.07, 6.45) is 2.18. The van der Waals surface area contributed by atoms with Gasteiger partial charge in [0.05, 0.1) is 29.8 Å². The van der Waals surface area contributed by atoms with Gasteiger partial charge in [-0.2, -0.15) is 5.10 Å². The summed E-state index contributed by atoms with van der Waals surface area (Å²) in [5.41, 5.74) is 4.19. The fourth-order valence-electron chi connectivity index (χ4n) is 3.31. The highest BCUT2D eigenvalue weighted by Gasteiger charge is 2.23. The van der Waals surface area contributed by atoms with Gasteiger partial charge in [0.15, 0.2) is 5.65 Å². The van der Waals surface area contributed by atoms with Gasteiger partial charge in [-0.25, -0.2) is 14.3 Å². The predicted molar refractivity (Wildman–Crippen MR) is 114 cm³/mol. The molecular formula is C21H23Cl2N3O3. The summed E-state index contributed by atoms with van der Waals surface area (Å²) >= 11 is 12.4. The smallest absolute Gasteiger partial charge is 0.340 e. The van der Waals surface area contributed by atoms with Crippen LogP contribution in [0, 0.1) is 6.92 Å². The Labute approximate surface area is 179 Å². The van der Waals surface area contributed by atoms with Crippen molar-refractivity contribution in [2.24, 2.45) is 0 Å². The zero-order valence-corrected chi connectivity index (χ0v) is 18.3. The molecule has 0 radical (unpaired) electrons. The molecule has 0 amide bonds. The van der Waals surface area contributed by atoms with Crippen LogP contribution in [0.1, 0.15) is 47.8 Å². The molecule has 0 aliphatic carbocycles. The summed E-state index contributed by atoms with van der Waals surface area (Å²) in [4.78, 5) is 17.4. The van der Waals surface area contributed by atoms with Gasteiger partial charge < -0.3 is 9.47 Å². The summed E-state index contributed by atoms with van der Waals surface area (Å²) < 4.78 is 12.1. The Hall–Kier alpha value is -2.15. The van der Waals surface area contributed by atoms with E-state index >= 15 is 0 Å². The Morgan fingerprint density at radius 2 is 1.86 bits per heavy atom. The van der Waals surface area contributed by atoms with E-state index in [1.165, 1.54) is 6.20 Å². The maximum atomic E-state index is 12.7. The molecule has 3 rings (SSSR count). The van der Waals surface area contributed by atoms with Crippen molar-refractivity contribution in [3.8, 4) is 11.3 Å². The number of nitrogens with zero attached hydrogens (tertiary/aromatic N) is 3. The molecule has 2 aromatic heterocycles. The van der Waals surface area contributed by atoms with Crippen molar-refractivity contribution in [1.29, 1.82) is 0 Å². The maximum absolute atomic E-state index is 12.7. The average molecular weight is 436 g/mol. The number of fused-ring (bicyclic) bond motifs is 1. The Bertz CT molecular complexity index is 1030. The Kier molecular flexibility index (Phi) is 6.77. The fraction of sp³-hybridized carbons (Fsp3) is 0.381. The summed E-state index contributed by atoms with van der Waals surface area (Å²) in [7, 11) is 1.61. The van der Waals surface area contributed by atoms with E-state index in [1.807, 2.05) is 32.9 Å². The number of imidazole rings is 1. The number of aromatic nitrogens is 3. The molecule has 0 aliphatic heterocycles. The minimum atomic E-state index is -0.409. The number of carbonyl (C=O) groups is 1. The van der Waals surface area contributed by atoms with E-state index in [2.05, 4.69) is 5.10 Å². The van der Waals surface area contributed by atoms with Gasteiger partial charge in [-0.1, -0.05) is 37.0 Å². The van der Waals surface area contributed by atoms with Crippen LogP contribution in [-0.2, 0) is 9.47 Å². The number of ether oxygens (including phenoxy) is 2. The molecule has 1 aromatic carbocycles. The lowest BCUT2D eigenvalue weighted by molar-refractivity contribution is 0.0466. The van der Waals surface area contributed by atoms with E-state index < -0.39 is 5.97 Å². The second kappa shape index (κ2) is 9.11. The molecule has 3 aromatic rings. The molecule has 2 heterocycles. The lowest BCUT2D eigenvalue weighted by Crippen LogP contribution is -2.14.